The molecular weight excluding hydrogens is 405 g/mol. The van der Waals surface area contributed by atoms with Crippen molar-refractivity contribution in [1.82, 2.24) is 20.1 Å². The molecule has 0 saturated carbocycles. The largest absolute Gasteiger partial charge is 0.573 e. The van der Waals surface area contributed by atoms with Gasteiger partial charge in [-0.25, -0.2) is 0 Å². The van der Waals surface area contributed by atoms with Crippen LogP contribution in [0, 0.1) is 11.7 Å². The first kappa shape index (κ1) is 20.6. The van der Waals surface area contributed by atoms with Gasteiger partial charge in [-0.05, 0) is 42.9 Å². The zero-order valence-corrected chi connectivity index (χ0v) is 16.1. The molecule has 3 aromatic rings. The van der Waals surface area contributed by atoms with Crippen LogP contribution in [-0.4, -0.2) is 27.0 Å². The Kier molecular flexibility index (Phi) is 6.02. The number of nitrogens with one attached hydrogen (secondary N) is 2. The molecule has 0 aliphatic heterocycles. The number of ether oxygens (including phenoxy) is 1. The van der Waals surface area contributed by atoms with Crippen molar-refractivity contribution in [3.8, 4) is 17.1 Å². The molecule has 152 valence electrons. The Balaban J connectivity index is 1.63. The zero-order valence-electron chi connectivity index (χ0n) is 15.3. The normalized spacial score (nSPS) is 11.3. The first-order valence-electron chi connectivity index (χ1n) is 8.55. The number of benzene rings is 2. The predicted molar refractivity (Wildman–Crippen MR) is 103 cm³/mol. The van der Waals surface area contributed by atoms with E-state index in [9.17, 15) is 18.0 Å². The van der Waals surface area contributed by atoms with E-state index in [1.807, 2.05) is 31.2 Å². The van der Waals surface area contributed by atoms with Gasteiger partial charge in [-0.15, -0.1) is 13.2 Å². The summed E-state index contributed by atoms with van der Waals surface area (Å²) < 4.78 is 42.3. The number of aromatic amines is 1. The molecule has 6 nitrogen and oxygen atoms in total. The number of carbonyl (C=O) groups excluding carboxylic acids is 1. The van der Waals surface area contributed by atoms with Crippen LogP contribution < -0.4 is 10.1 Å². The third kappa shape index (κ3) is 5.67. The van der Waals surface area contributed by atoms with Crippen LogP contribution >= 0.6 is 12.2 Å². The molecule has 1 aromatic heterocycles. The fraction of sp³-hybridized carbons (Fsp3) is 0.211. The summed E-state index contributed by atoms with van der Waals surface area (Å²) in [6, 6.07) is 12.9. The van der Waals surface area contributed by atoms with Crippen LogP contribution in [0.15, 0.2) is 48.5 Å². The van der Waals surface area contributed by atoms with Crippen molar-refractivity contribution < 1.29 is 22.7 Å². The second kappa shape index (κ2) is 8.48. The van der Waals surface area contributed by atoms with Gasteiger partial charge in [0.15, 0.2) is 10.6 Å². The highest BCUT2D eigenvalue weighted by atomic mass is 32.1. The van der Waals surface area contributed by atoms with Crippen LogP contribution in [0.3, 0.4) is 0 Å². The Bertz CT molecular complexity index is 1060. The van der Waals surface area contributed by atoms with E-state index in [0.717, 1.165) is 11.1 Å². The minimum Gasteiger partial charge on any atom is -0.406 e. The van der Waals surface area contributed by atoms with Crippen molar-refractivity contribution in [3.05, 3.63) is 64.4 Å². The Morgan fingerprint density at radius 3 is 2.62 bits per heavy atom. The minimum absolute atomic E-state index is 0.0477. The molecule has 10 heteroatoms. The number of alkyl halides is 3. The number of amides is 1. The summed E-state index contributed by atoms with van der Waals surface area (Å²) >= 11 is 5.22. The molecule has 0 saturated heterocycles. The van der Waals surface area contributed by atoms with Gasteiger partial charge in [-0.2, -0.15) is 5.10 Å². The van der Waals surface area contributed by atoms with E-state index in [2.05, 4.69) is 20.3 Å². The van der Waals surface area contributed by atoms with Gasteiger partial charge in [0.25, 0.3) is 0 Å². The van der Waals surface area contributed by atoms with Crippen LogP contribution in [-0.2, 0) is 17.9 Å². The van der Waals surface area contributed by atoms with Crippen LogP contribution in [0.25, 0.3) is 11.4 Å². The zero-order chi connectivity index (χ0) is 21.0. The number of nitrogens with zero attached hydrogens (tertiary/aromatic N) is 2. The molecule has 0 bridgehead atoms. The van der Waals surface area contributed by atoms with Crippen molar-refractivity contribution in [2.75, 3.05) is 0 Å². The van der Waals surface area contributed by atoms with Crippen LogP contribution in [0.1, 0.15) is 11.1 Å². The summed E-state index contributed by atoms with van der Waals surface area (Å²) in [7, 11) is 0. The molecular formula is C19H17F3N4O2S. The topological polar surface area (TPSA) is 71.9 Å². The fourth-order valence-electron chi connectivity index (χ4n) is 2.68. The highest BCUT2D eigenvalue weighted by Gasteiger charge is 2.30. The summed E-state index contributed by atoms with van der Waals surface area (Å²) in [6.07, 6.45) is -4.74. The molecule has 0 aliphatic rings. The third-order valence-corrected chi connectivity index (χ3v) is 4.29. The second-order valence-electron chi connectivity index (χ2n) is 6.28. The van der Waals surface area contributed by atoms with Crippen molar-refractivity contribution in [1.29, 1.82) is 0 Å². The lowest BCUT2D eigenvalue weighted by molar-refractivity contribution is -0.274. The molecule has 2 N–H and O–H groups in total. The first-order chi connectivity index (χ1) is 13.7. The molecule has 0 fully saturated rings. The number of rotatable bonds is 6. The van der Waals surface area contributed by atoms with E-state index in [-0.39, 0.29) is 24.7 Å². The van der Waals surface area contributed by atoms with Crippen LogP contribution in [0.2, 0.25) is 0 Å². The second-order valence-corrected chi connectivity index (χ2v) is 6.66. The van der Waals surface area contributed by atoms with E-state index in [1.54, 1.807) is 4.57 Å². The quantitative estimate of drug-likeness (QED) is 0.586. The molecule has 2 aromatic carbocycles. The van der Waals surface area contributed by atoms with E-state index in [4.69, 9.17) is 12.2 Å². The highest BCUT2D eigenvalue weighted by Crippen LogP contribution is 2.23. The van der Waals surface area contributed by atoms with E-state index in [0.29, 0.717) is 16.2 Å². The van der Waals surface area contributed by atoms with Crippen molar-refractivity contribution in [3.63, 3.8) is 0 Å². The van der Waals surface area contributed by atoms with Crippen molar-refractivity contribution in [2.24, 2.45) is 0 Å². The first-order valence-corrected chi connectivity index (χ1v) is 8.96. The van der Waals surface area contributed by atoms with Gasteiger partial charge >= 0.3 is 6.36 Å². The maximum atomic E-state index is 12.3. The number of halogens is 3. The summed E-state index contributed by atoms with van der Waals surface area (Å²) in [6.45, 7) is 2.05. The molecule has 0 unspecified atom stereocenters. The average Bonchev–Trinajstić information content (AvgIpc) is 3.00. The predicted octanol–water partition coefficient (Wildman–Crippen LogP) is 4.13. The van der Waals surface area contributed by atoms with Crippen LogP contribution in [0.5, 0.6) is 5.75 Å². The minimum atomic E-state index is -4.74. The molecule has 0 atom stereocenters. The maximum absolute atomic E-state index is 12.3. The van der Waals surface area contributed by atoms with Gasteiger partial charge in [-0.1, -0.05) is 35.9 Å². The Morgan fingerprint density at radius 2 is 1.97 bits per heavy atom. The summed E-state index contributed by atoms with van der Waals surface area (Å²) in [5, 5.41) is 9.60. The van der Waals surface area contributed by atoms with Gasteiger partial charge < -0.3 is 10.1 Å². The number of H-pyrrole nitrogens is 1. The van der Waals surface area contributed by atoms with Gasteiger partial charge in [0.2, 0.25) is 5.91 Å². The highest BCUT2D eigenvalue weighted by molar-refractivity contribution is 7.71. The van der Waals surface area contributed by atoms with Gasteiger partial charge in [0.1, 0.15) is 12.3 Å². The molecule has 1 amide bonds. The monoisotopic (exact) mass is 422 g/mol. The Morgan fingerprint density at radius 1 is 1.24 bits per heavy atom. The summed E-state index contributed by atoms with van der Waals surface area (Å²) in [5.41, 5.74) is 2.50. The number of aryl methyl sites for hydroxylation is 1. The summed E-state index contributed by atoms with van der Waals surface area (Å²) in [4.78, 5) is 12.3. The average molecular weight is 422 g/mol. The smallest absolute Gasteiger partial charge is 0.406 e. The van der Waals surface area contributed by atoms with E-state index >= 15 is 0 Å². The Labute approximate surface area is 169 Å². The SMILES string of the molecule is Cc1cccc(-c2n[nH]c(=S)n2CC(=O)NCc2ccc(OC(F)(F)F)cc2)c1. The lowest BCUT2D eigenvalue weighted by Crippen LogP contribution is -2.27. The Hall–Kier alpha value is -3.14. The van der Waals surface area contributed by atoms with E-state index < -0.39 is 6.36 Å². The van der Waals surface area contributed by atoms with E-state index in [1.165, 1.54) is 24.3 Å². The third-order valence-electron chi connectivity index (χ3n) is 3.98. The molecule has 0 spiro atoms. The molecule has 0 radical (unpaired) electrons. The van der Waals surface area contributed by atoms with Crippen molar-refractivity contribution in [2.45, 2.75) is 26.4 Å². The van der Waals surface area contributed by atoms with Crippen LogP contribution in [0.4, 0.5) is 13.2 Å². The molecule has 0 aliphatic carbocycles. The number of carbonyl (C=O) groups is 1. The molecule has 29 heavy (non-hydrogen) atoms. The van der Waals surface area contributed by atoms with Gasteiger partial charge in [0, 0.05) is 12.1 Å². The number of aromatic nitrogens is 3. The number of hydrogen-bond donors (Lipinski definition) is 2. The lowest BCUT2D eigenvalue weighted by Gasteiger charge is -2.10. The lowest BCUT2D eigenvalue weighted by atomic mass is 10.1. The fourth-order valence-corrected chi connectivity index (χ4v) is 2.87. The number of hydrogen-bond acceptors (Lipinski definition) is 4. The van der Waals surface area contributed by atoms with Gasteiger partial charge in [-0.3, -0.25) is 14.5 Å². The van der Waals surface area contributed by atoms with Gasteiger partial charge in [0.05, 0.1) is 0 Å². The maximum Gasteiger partial charge on any atom is 0.573 e. The standard InChI is InChI=1S/C19H17F3N4O2S/c1-12-3-2-4-14(9-12)17-24-25-18(29)26(17)11-16(27)23-10-13-5-7-15(8-6-13)28-19(20,21)22/h2-9H,10-11H2,1H3,(H,23,27)(H,25,29). The molecule has 3 rings (SSSR count). The summed E-state index contributed by atoms with van der Waals surface area (Å²) in [5.74, 6) is -0.0883. The molecule has 1 heterocycles. The van der Waals surface area contributed by atoms with Crippen molar-refractivity contribution >= 4 is 18.1 Å².